The number of rotatable bonds is 5. The normalized spacial score (nSPS) is 15.8. The van der Waals surface area contributed by atoms with Gasteiger partial charge in [-0.1, -0.05) is 18.2 Å². The third kappa shape index (κ3) is 3.08. The Kier molecular flexibility index (Phi) is 4.10. The summed E-state index contributed by atoms with van der Waals surface area (Å²) in [5.74, 6) is 0.875. The molecule has 128 valence electrons. The number of nitrogens with zero attached hydrogens (tertiary/aromatic N) is 3. The van der Waals surface area contributed by atoms with Gasteiger partial charge in [-0.05, 0) is 24.3 Å². The Morgan fingerprint density at radius 1 is 1.08 bits per heavy atom. The topological polar surface area (TPSA) is 72.4 Å². The van der Waals surface area contributed by atoms with E-state index < -0.39 is 10.0 Å². The molecule has 0 N–H and O–H groups in total. The van der Waals surface area contributed by atoms with Gasteiger partial charge in [-0.15, -0.1) is 0 Å². The molecule has 0 spiro atoms. The fourth-order valence-electron chi connectivity index (χ4n) is 2.89. The van der Waals surface area contributed by atoms with Gasteiger partial charge in [0.1, 0.15) is 10.6 Å². The van der Waals surface area contributed by atoms with Crippen molar-refractivity contribution in [3.05, 3.63) is 61.1 Å². The second-order valence-corrected chi connectivity index (χ2v) is 7.93. The summed E-state index contributed by atoms with van der Waals surface area (Å²) >= 11 is 0. The van der Waals surface area contributed by atoms with Crippen LogP contribution in [0.5, 0.6) is 5.75 Å². The van der Waals surface area contributed by atoms with Crippen LogP contribution in [0.1, 0.15) is 0 Å². The Labute approximate surface area is 146 Å². The van der Waals surface area contributed by atoms with Gasteiger partial charge in [0.2, 0.25) is 10.0 Å². The zero-order valence-electron chi connectivity index (χ0n) is 13.4. The monoisotopic (exact) mass is 355 g/mol. The minimum atomic E-state index is -3.54. The molecule has 1 aliphatic heterocycles. The van der Waals surface area contributed by atoms with Gasteiger partial charge in [-0.2, -0.15) is 4.31 Å². The molecule has 7 heteroatoms. The molecule has 0 saturated carbocycles. The van der Waals surface area contributed by atoms with E-state index in [1.807, 2.05) is 18.2 Å². The van der Waals surface area contributed by atoms with Crippen molar-refractivity contribution in [2.24, 2.45) is 5.92 Å². The minimum absolute atomic E-state index is 0.179. The molecule has 3 heterocycles. The number of hydrogen-bond acceptors (Lipinski definition) is 5. The SMILES string of the molecule is O=S(=O)(c1cccc2cccnc12)N1CC(COc2cccnc2)C1. The lowest BCUT2D eigenvalue weighted by Gasteiger charge is -2.37. The molecule has 0 atom stereocenters. The van der Waals surface area contributed by atoms with Crippen LogP contribution in [-0.4, -0.2) is 42.4 Å². The molecule has 1 aromatic carbocycles. The van der Waals surface area contributed by atoms with Crippen LogP contribution in [-0.2, 0) is 10.0 Å². The summed E-state index contributed by atoms with van der Waals surface area (Å²) in [6, 6.07) is 12.5. The number of para-hydroxylation sites is 1. The van der Waals surface area contributed by atoms with Crippen LogP contribution in [0, 0.1) is 5.92 Å². The number of hydrogen-bond donors (Lipinski definition) is 0. The van der Waals surface area contributed by atoms with Crippen molar-refractivity contribution in [1.29, 1.82) is 0 Å². The molecule has 3 aromatic rings. The first-order valence-electron chi connectivity index (χ1n) is 8.01. The zero-order chi connectivity index (χ0) is 17.3. The van der Waals surface area contributed by atoms with Gasteiger partial charge in [0, 0.05) is 36.8 Å². The summed E-state index contributed by atoms with van der Waals surface area (Å²) in [6.07, 6.45) is 4.94. The van der Waals surface area contributed by atoms with Gasteiger partial charge < -0.3 is 4.74 Å². The third-order valence-electron chi connectivity index (χ3n) is 4.26. The molecular weight excluding hydrogens is 338 g/mol. The molecule has 1 aliphatic rings. The number of ether oxygens (including phenoxy) is 1. The van der Waals surface area contributed by atoms with Gasteiger partial charge in [0.25, 0.3) is 0 Å². The lowest BCUT2D eigenvalue weighted by atomic mass is 10.1. The van der Waals surface area contributed by atoms with Crippen LogP contribution >= 0.6 is 0 Å². The summed E-state index contributed by atoms with van der Waals surface area (Å²) in [4.78, 5) is 8.50. The maximum absolute atomic E-state index is 12.9. The van der Waals surface area contributed by atoms with E-state index in [2.05, 4.69) is 9.97 Å². The summed E-state index contributed by atoms with van der Waals surface area (Å²) in [6.45, 7) is 1.38. The van der Waals surface area contributed by atoms with Gasteiger partial charge in [-0.3, -0.25) is 9.97 Å². The van der Waals surface area contributed by atoms with Crippen LogP contribution in [0.4, 0.5) is 0 Å². The van der Waals surface area contributed by atoms with Crippen LogP contribution < -0.4 is 4.74 Å². The number of sulfonamides is 1. The summed E-state index contributed by atoms with van der Waals surface area (Å²) in [5.41, 5.74) is 0.514. The molecule has 2 aromatic heterocycles. The molecule has 0 amide bonds. The lowest BCUT2D eigenvalue weighted by Crippen LogP contribution is -2.51. The van der Waals surface area contributed by atoms with Crippen molar-refractivity contribution in [2.45, 2.75) is 4.90 Å². The Hall–Kier alpha value is -2.51. The highest BCUT2D eigenvalue weighted by Crippen LogP contribution is 2.29. The van der Waals surface area contributed by atoms with Crippen LogP contribution in [0.2, 0.25) is 0 Å². The average Bonchev–Trinajstić information content (AvgIpc) is 2.60. The standard InChI is InChI=1S/C18H17N3O3S/c22-25(23,17-7-1-4-15-5-2-9-20-18(15)17)21-11-14(12-21)13-24-16-6-3-8-19-10-16/h1-10,14H,11-13H2. The van der Waals surface area contributed by atoms with Crippen molar-refractivity contribution >= 4 is 20.9 Å². The molecule has 1 saturated heterocycles. The minimum Gasteiger partial charge on any atom is -0.492 e. The summed E-state index contributed by atoms with van der Waals surface area (Å²) in [7, 11) is -3.54. The first-order valence-corrected chi connectivity index (χ1v) is 9.45. The van der Waals surface area contributed by atoms with E-state index in [1.54, 1.807) is 42.9 Å². The van der Waals surface area contributed by atoms with Gasteiger partial charge in [-0.25, -0.2) is 8.42 Å². The van der Waals surface area contributed by atoms with E-state index >= 15 is 0 Å². The van der Waals surface area contributed by atoms with Crippen molar-refractivity contribution in [3.63, 3.8) is 0 Å². The van der Waals surface area contributed by atoms with Crippen LogP contribution in [0.3, 0.4) is 0 Å². The van der Waals surface area contributed by atoms with E-state index in [0.717, 1.165) is 5.39 Å². The summed E-state index contributed by atoms with van der Waals surface area (Å²) < 4.78 is 32.9. The van der Waals surface area contributed by atoms with E-state index in [9.17, 15) is 8.42 Å². The van der Waals surface area contributed by atoms with Gasteiger partial charge >= 0.3 is 0 Å². The highest BCUT2D eigenvalue weighted by atomic mass is 32.2. The Bertz CT molecular complexity index is 981. The molecule has 0 aliphatic carbocycles. The lowest BCUT2D eigenvalue weighted by molar-refractivity contribution is 0.129. The number of benzene rings is 1. The number of fused-ring (bicyclic) bond motifs is 1. The predicted octanol–water partition coefficient (Wildman–Crippen LogP) is 2.33. The molecular formula is C18H17N3O3S. The van der Waals surface area contributed by atoms with E-state index in [1.165, 1.54) is 4.31 Å². The fraction of sp³-hybridized carbons (Fsp3) is 0.222. The smallest absolute Gasteiger partial charge is 0.245 e. The molecule has 25 heavy (non-hydrogen) atoms. The largest absolute Gasteiger partial charge is 0.492 e. The molecule has 6 nitrogen and oxygen atoms in total. The summed E-state index contributed by atoms with van der Waals surface area (Å²) in [5, 5.41) is 0.820. The second-order valence-electron chi connectivity index (χ2n) is 6.02. The van der Waals surface area contributed by atoms with Crippen molar-refractivity contribution in [1.82, 2.24) is 14.3 Å². The zero-order valence-corrected chi connectivity index (χ0v) is 14.3. The quantitative estimate of drug-likeness (QED) is 0.702. The van der Waals surface area contributed by atoms with Gasteiger partial charge in [0.05, 0.1) is 18.3 Å². The highest BCUT2D eigenvalue weighted by Gasteiger charge is 2.38. The third-order valence-corrected chi connectivity index (χ3v) is 6.12. The number of pyridine rings is 2. The van der Waals surface area contributed by atoms with E-state index in [0.29, 0.717) is 31.0 Å². The molecule has 0 radical (unpaired) electrons. The molecule has 4 rings (SSSR count). The predicted molar refractivity (Wildman–Crippen MR) is 93.7 cm³/mol. The molecule has 0 bridgehead atoms. The van der Waals surface area contributed by atoms with Gasteiger partial charge in [0.15, 0.2) is 0 Å². The maximum Gasteiger partial charge on any atom is 0.245 e. The van der Waals surface area contributed by atoms with Crippen molar-refractivity contribution < 1.29 is 13.2 Å². The highest BCUT2D eigenvalue weighted by molar-refractivity contribution is 7.89. The average molecular weight is 355 g/mol. The van der Waals surface area contributed by atoms with E-state index in [-0.39, 0.29) is 10.8 Å². The fourth-order valence-corrected chi connectivity index (χ4v) is 4.65. The second kappa shape index (κ2) is 6.42. The Morgan fingerprint density at radius 3 is 2.68 bits per heavy atom. The molecule has 0 unspecified atom stereocenters. The van der Waals surface area contributed by atoms with Crippen LogP contribution in [0.25, 0.3) is 10.9 Å². The van der Waals surface area contributed by atoms with E-state index in [4.69, 9.17) is 4.74 Å². The van der Waals surface area contributed by atoms with Crippen molar-refractivity contribution in [2.75, 3.05) is 19.7 Å². The first kappa shape index (κ1) is 16.0. The first-order chi connectivity index (χ1) is 12.1. The van der Waals surface area contributed by atoms with Crippen molar-refractivity contribution in [3.8, 4) is 5.75 Å². The molecule has 1 fully saturated rings. The Morgan fingerprint density at radius 2 is 1.88 bits per heavy atom. The maximum atomic E-state index is 12.9. The number of aromatic nitrogens is 2. The van der Waals surface area contributed by atoms with Crippen LogP contribution in [0.15, 0.2) is 66.0 Å². The Balaban J connectivity index is 1.46.